The van der Waals surface area contributed by atoms with Crippen molar-refractivity contribution in [3.8, 4) is 11.3 Å². The molecule has 0 amide bonds. The average Bonchev–Trinajstić information content (AvgIpc) is 2.86. The van der Waals surface area contributed by atoms with E-state index >= 15 is 0 Å². The minimum Gasteiger partial charge on any atom is -0.465 e. The van der Waals surface area contributed by atoms with Crippen LogP contribution in [-0.2, 0) is 11.2 Å². The number of carbonyl (C=O) groups excluding carboxylic acids is 1. The zero-order chi connectivity index (χ0) is 17.0. The minimum absolute atomic E-state index is 0.00212. The maximum atomic E-state index is 12.2. The Labute approximate surface area is 133 Å². The highest BCUT2D eigenvalue weighted by Crippen LogP contribution is 2.26. The van der Waals surface area contributed by atoms with E-state index in [1.54, 1.807) is 19.1 Å². The molecule has 0 bridgehead atoms. The maximum Gasteiger partial charge on any atom is 0.337 e. The van der Waals surface area contributed by atoms with Gasteiger partial charge in [-0.3, -0.25) is 9.89 Å². The average molecular weight is 320 g/mol. The van der Waals surface area contributed by atoms with Gasteiger partial charge in [-0.1, -0.05) is 17.8 Å². The van der Waals surface area contributed by atoms with Gasteiger partial charge in [-0.2, -0.15) is 0 Å². The molecule has 0 atom stereocenters. The molecule has 2 aromatic rings. The number of aliphatic hydroxyl groups excluding tert-OH is 1. The second-order valence-corrected chi connectivity index (χ2v) is 4.99. The zero-order valence-electron chi connectivity index (χ0n) is 13.4. The third kappa shape index (κ3) is 3.29. The summed E-state index contributed by atoms with van der Waals surface area (Å²) >= 11 is 0. The van der Waals surface area contributed by atoms with E-state index in [2.05, 4.69) is 5.10 Å². The molecule has 1 aromatic carbocycles. The number of hydrogen-bond donors (Lipinski definition) is 2. The van der Waals surface area contributed by atoms with Gasteiger partial charge in [0.05, 0.1) is 25.0 Å². The van der Waals surface area contributed by atoms with Gasteiger partial charge in [0.2, 0.25) is 0 Å². The highest BCUT2D eigenvalue weighted by Gasteiger charge is 2.17. The van der Waals surface area contributed by atoms with Gasteiger partial charge in [0.25, 0.3) is 0 Å². The van der Waals surface area contributed by atoms with Gasteiger partial charge in [0.15, 0.2) is 0 Å². The molecule has 2 rings (SSSR count). The Balaban J connectivity index is 2.56. The van der Waals surface area contributed by atoms with Gasteiger partial charge in [-0.25, -0.2) is 4.79 Å². The van der Waals surface area contributed by atoms with Gasteiger partial charge in [0.1, 0.15) is 6.61 Å². The summed E-state index contributed by atoms with van der Waals surface area (Å²) in [5, 5.41) is 11.7. The van der Waals surface area contributed by atoms with Gasteiger partial charge < -0.3 is 14.7 Å². The number of carbonyl (C=O) groups is 1. The van der Waals surface area contributed by atoms with Crippen LogP contribution in [0.4, 0.5) is 0 Å². The zero-order valence-corrected chi connectivity index (χ0v) is 13.4. The van der Waals surface area contributed by atoms with Crippen molar-refractivity contribution in [2.45, 2.75) is 20.3 Å². The summed E-state index contributed by atoms with van der Waals surface area (Å²) in [5.74, 6) is -0.440. The van der Waals surface area contributed by atoms with E-state index in [9.17, 15) is 9.59 Å². The molecule has 7 heteroatoms. The molecule has 0 saturated heterocycles. The predicted octanol–water partition coefficient (Wildman–Crippen LogP) is 0.922. The number of aryl methyl sites for hydroxylation is 1. The molecule has 23 heavy (non-hydrogen) atoms. The van der Waals surface area contributed by atoms with Crippen LogP contribution in [0.2, 0.25) is 0 Å². The van der Waals surface area contributed by atoms with Crippen LogP contribution in [0.3, 0.4) is 0 Å². The molecule has 0 aliphatic heterocycles. The number of rotatable bonds is 6. The van der Waals surface area contributed by atoms with Crippen molar-refractivity contribution in [1.82, 2.24) is 9.94 Å². The summed E-state index contributed by atoms with van der Waals surface area (Å²) in [4.78, 5) is 30.1. The number of benzene rings is 1. The van der Waals surface area contributed by atoms with Crippen molar-refractivity contribution in [2.75, 3.05) is 20.3 Å². The second-order valence-electron chi connectivity index (χ2n) is 4.99. The van der Waals surface area contributed by atoms with E-state index in [1.807, 2.05) is 13.0 Å². The first-order chi connectivity index (χ1) is 11.0. The molecular weight excluding hydrogens is 300 g/mol. The molecule has 0 aliphatic carbocycles. The highest BCUT2D eigenvalue weighted by atomic mass is 16.7. The molecule has 7 nitrogen and oxygen atoms in total. The number of ether oxygens (including phenoxy) is 1. The first-order valence-corrected chi connectivity index (χ1v) is 7.30. The Morgan fingerprint density at radius 3 is 2.74 bits per heavy atom. The highest BCUT2D eigenvalue weighted by molar-refractivity contribution is 5.91. The molecule has 2 N–H and O–H groups in total. The number of nitrogens with zero attached hydrogens (tertiary/aromatic N) is 1. The standard InChI is InChI=1S/C16H20N2O5/c1-4-11-5-6-12(16(21)22-3)9-13(11)14-10(2)15(20)18(17-14)23-8-7-19/h5-6,9,17,19H,4,7-8H2,1-3H3. The number of methoxy groups -OCH3 is 1. The van der Waals surface area contributed by atoms with Crippen LogP contribution in [0, 0.1) is 6.92 Å². The summed E-state index contributed by atoms with van der Waals surface area (Å²) < 4.78 is 4.74. The van der Waals surface area contributed by atoms with Crippen molar-refractivity contribution in [3.05, 3.63) is 45.2 Å². The molecule has 1 heterocycles. The fourth-order valence-corrected chi connectivity index (χ4v) is 2.34. The quantitative estimate of drug-likeness (QED) is 0.772. The first-order valence-electron chi connectivity index (χ1n) is 7.30. The fraction of sp³-hybridized carbons (Fsp3) is 0.375. The van der Waals surface area contributed by atoms with E-state index in [0.717, 1.165) is 22.4 Å². The number of esters is 1. The maximum absolute atomic E-state index is 12.2. The molecule has 0 unspecified atom stereocenters. The number of hydrogen-bond acceptors (Lipinski definition) is 5. The van der Waals surface area contributed by atoms with Crippen LogP contribution in [-0.4, -0.2) is 41.3 Å². The Morgan fingerprint density at radius 2 is 2.13 bits per heavy atom. The molecule has 1 aromatic heterocycles. The third-order valence-electron chi connectivity index (χ3n) is 3.59. The molecule has 124 valence electrons. The number of H-pyrrole nitrogens is 1. The number of aromatic amines is 1. The number of nitrogens with one attached hydrogen (secondary N) is 1. The first kappa shape index (κ1) is 16.8. The summed E-state index contributed by atoms with van der Waals surface area (Å²) in [6, 6.07) is 5.23. The SMILES string of the molecule is CCc1ccc(C(=O)OC)cc1-c1[nH]n(OCCO)c(=O)c1C. The van der Waals surface area contributed by atoms with E-state index in [4.69, 9.17) is 14.7 Å². The molecule has 0 aliphatic rings. The topological polar surface area (TPSA) is 93.6 Å². The van der Waals surface area contributed by atoms with Crippen molar-refractivity contribution in [1.29, 1.82) is 0 Å². The van der Waals surface area contributed by atoms with Crippen LogP contribution in [0.25, 0.3) is 11.3 Å². The Kier molecular flexibility index (Phi) is 5.23. The molecule has 0 fully saturated rings. The lowest BCUT2D eigenvalue weighted by molar-refractivity contribution is 0.0488. The molecule has 0 radical (unpaired) electrons. The van der Waals surface area contributed by atoms with Gasteiger partial charge in [-0.15, -0.1) is 0 Å². The predicted molar refractivity (Wildman–Crippen MR) is 84.5 cm³/mol. The minimum atomic E-state index is -0.440. The van der Waals surface area contributed by atoms with Crippen LogP contribution >= 0.6 is 0 Å². The van der Waals surface area contributed by atoms with E-state index in [0.29, 0.717) is 16.8 Å². The Morgan fingerprint density at radius 1 is 1.39 bits per heavy atom. The molecule has 0 saturated carbocycles. The fourth-order valence-electron chi connectivity index (χ4n) is 2.34. The van der Waals surface area contributed by atoms with E-state index in [-0.39, 0.29) is 18.8 Å². The van der Waals surface area contributed by atoms with Gasteiger partial charge in [0, 0.05) is 11.1 Å². The van der Waals surface area contributed by atoms with Crippen LogP contribution in [0.5, 0.6) is 0 Å². The van der Waals surface area contributed by atoms with Gasteiger partial charge >= 0.3 is 11.5 Å². The van der Waals surface area contributed by atoms with Crippen LogP contribution in [0.1, 0.15) is 28.4 Å². The lowest BCUT2D eigenvalue weighted by atomic mass is 9.98. The lowest BCUT2D eigenvalue weighted by Gasteiger charge is -2.09. The molecular formula is C16H20N2O5. The van der Waals surface area contributed by atoms with Gasteiger partial charge in [-0.05, 0) is 31.0 Å². The summed E-state index contributed by atoms with van der Waals surface area (Å²) in [6.07, 6.45) is 0.737. The van der Waals surface area contributed by atoms with Crippen molar-refractivity contribution >= 4 is 5.97 Å². The van der Waals surface area contributed by atoms with Crippen molar-refractivity contribution in [3.63, 3.8) is 0 Å². The van der Waals surface area contributed by atoms with Crippen molar-refractivity contribution in [2.24, 2.45) is 0 Å². The largest absolute Gasteiger partial charge is 0.465 e. The van der Waals surface area contributed by atoms with E-state index in [1.165, 1.54) is 7.11 Å². The monoisotopic (exact) mass is 320 g/mol. The summed E-state index contributed by atoms with van der Waals surface area (Å²) in [5.41, 5.74) is 2.85. The Hall–Kier alpha value is -2.54. The van der Waals surface area contributed by atoms with Crippen LogP contribution < -0.4 is 10.4 Å². The summed E-state index contributed by atoms with van der Waals surface area (Å²) in [7, 11) is 1.32. The molecule has 0 spiro atoms. The number of aliphatic hydroxyl groups is 1. The van der Waals surface area contributed by atoms with E-state index < -0.39 is 5.97 Å². The Bertz CT molecular complexity index is 760. The summed E-state index contributed by atoms with van der Waals surface area (Å²) in [6.45, 7) is 3.47. The smallest absolute Gasteiger partial charge is 0.337 e. The van der Waals surface area contributed by atoms with Crippen molar-refractivity contribution < 1.29 is 19.5 Å². The third-order valence-corrected chi connectivity index (χ3v) is 3.59. The number of aromatic nitrogens is 2. The lowest BCUT2D eigenvalue weighted by Crippen LogP contribution is -2.27. The normalized spacial score (nSPS) is 10.6. The van der Waals surface area contributed by atoms with Crippen LogP contribution in [0.15, 0.2) is 23.0 Å². The second kappa shape index (κ2) is 7.15.